The summed E-state index contributed by atoms with van der Waals surface area (Å²) < 4.78 is 0. The molecular weight excluding hydrogens is 308 g/mol. The zero-order chi connectivity index (χ0) is 17.5. The number of nitrogens with one attached hydrogen (secondary N) is 2. The monoisotopic (exact) mass is 328 g/mol. The molecule has 2 aromatic carbocycles. The first kappa shape index (κ1) is 17.6. The topological polar surface area (TPSA) is 95.5 Å². The number of aliphatic carboxylic acids is 1. The number of fused-ring (bicyclic) bond motifs is 1. The molecule has 2 aromatic rings. The molecular formula is C18H20N2O4. The zero-order valence-corrected chi connectivity index (χ0v) is 13.4. The Balaban J connectivity index is 1.99. The van der Waals surface area contributed by atoms with E-state index in [4.69, 9.17) is 5.11 Å². The molecule has 0 aliphatic carbocycles. The number of carboxylic acid groups (broad SMARTS) is 1. The Labute approximate surface area is 139 Å². The van der Waals surface area contributed by atoms with Gasteiger partial charge < -0.3 is 15.2 Å². The fourth-order valence-corrected chi connectivity index (χ4v) is 2.50. The van der Waals surface area contributed by atoms with Gasteiger partial charge in [0.2, 0.25) is 5.91 Å². The van der Waals surface area contributed by atoms with E-state index in [-0.39, 0.29) is 12.3 Å². The van der Waals surface area contributed by atoms with Crippen LogP contribution in [-0.2, 0) is 20.9 Å². The lowest BCUT2D eigenvalue weighted by atomic mass is 10.0. The van der Waals surface area contributed by atoms with E-state index in [1.165, 1.54) is 0 Å². The summed E-state index contributed by atoms with van der Waals surface area (Å²) in [4.78, 5) is 33.7. The summed E-state index contributed by atoms with van der Waals surface area (Å²) in [6, 6.07) is 12.0. The number of benzene rings is 2. The van der Waals surface area contributed by atoms with Crippen molar-refractivity contribution in [3.63, 3.8) is 0 Å². The first-order valence-electron chi connectivity index (χ1n) is 7.69. The fourth-order valence-electron chi connectivity index (χ4n) is 2.50. The molecule has 0 bridgehead atoms. The molecule has 6 nitrogen and oxygen atoms in total. The summed E-state index contributed by atoms with van der Waals surface area (Å²) in [6.45, 7) is 1.91. The molecule has 1 amide bonds. The van der Waals surface area contributed by atoms with Crippen molar-refractivity contribution < 1.29 is 19.5 Å². The van der Waals surface area contributed by atoms with E-state index in [0.29, 0.717) is 12.8 Å². The van der Waals surface area contributed by atoms with Crippen LogP contribution in [0.25, 0.3) is 10.8 Å². The molecule has 0 spiro atoms. The van der Waals surface area contributed by atoms with Gasteiger partial charge in [0, 0.05) is 13.0 Å². The maximum atomic E-state index is 12.2. The molecule has 2 atom stereocenters. The van der Waals surface area contributed by atoms with Crippen molar-refractivity contribution in [1.29, 1.82) is 0 Å². The van der Waals surface area contributed by atoms with Crippen LogP contribution in [0.2, 0.25) is 0 Å². The van der Waals surface area contributed by atoms with Crippen molar-refractivity contribution in [3.05, 3.63) is 48.0 Å². The largest absolute Gasteiger partial charge is 0.480 e. The average Bonchev–Trinajstić information content (AvgIpc) is 2.58. The Bertz CT molecular complexity index is 739. The minimum atomic E-state index is -1.16. The highest BCUT2D eigenvalue weighted by Gasteiger charge is 2.22. The summed E-state index contributed by atoms with van der Waals surface area (Å²) in [7, 11) is 0. The lowest BCUT2D eigenvalue weighted by Crippen LogP contribution is -2.49. The second kappa shape index (κ2) is 8.21. The van der Waals surface area contributed by atoms with Gasteiger partial charge in [0.25, 0.3) is 0 Å². The van der Waals surface area contributed by atoms with Gasteiger partial charge in [-0.3, -0.25) is 14.9 Å². The highest BCUT2D eigenvalue weighted by atomic mass is 16.4. The number of carboxylic acids is 1. The van der Waals surface area contributed by atoms with Gasteiger partial charge in [-0.05, 0) is 23.3 Å². The summed E-state index contributed by atoms with van der Waals surface area (Å²) in [5.74, 6) is -1.48. The van der Waals surface area contributed by atoms with Gasteiger partial charge in [-0.1, -0.05) is 42.5 Å². The van der Waals surface area contributed by atoms with Gasteiger partial charge in [0.15, 0.2) is 0 Å². The van der Waals surface area contributed by atoms with Crippen LogP contribution in [0.15, 0.2) is 42.5 Å². The molecule has 0 saturated carbocycles. The predicted octanol–water partition coefficient (Wildman–Crippen LogP) is 1.48. The molecule has 0 aliphatic rings. The fraction of sp³-hybridized carbons (Fsp3) is 0.278. The Morgan fingerprint density at radius 1 is 1.17 bits per heavy atom. The Kier molecular flexibility index (Phi) is 6.03. The summed E-state index contributed by atoms with van der Waals surface area (Å²) in [5, 5.41) is 16.6. The van der Waals surface area contributed by atoms with Crippen LogP contribution < -0.4 is 10.6 Å². The van der Waals surface area contributed by atoms with E-state index in [0.717, 1.165) is 16.3 Å². The van der Waals surface area contributed by atoms with Crippen molar-refractivity contribution >= 4 is 28.9 Å². The second-order valence-corrected chi connectivity index (χ2v) is 5.54. The van der Waals surface area contributed by atoms with Crippen LogP contribution in [0.5, 0.6) is 0 Å². The number of carbonyl (C=O) groups is 3. The van der Waals surface area contributed by atoms with Gasteiger partial charge in [0.1, 0.15) is 12.3 Å². The number of amides is 1. The summed E-state index contributed by atoms with van der Waals surface area (Å²) in [6.07, 6.45) is 0.336. The smallest absolute Gasteiger partial charge is 0.321 e. The Morgan fingerprint density at radius 3 is 2.58 bits per heavy atom. The maximum absolute atomic E-state index is 12.2. The Morgan fingerprint density at radius 2 is 1.88 bits per heavy atom. The van der Waals surface area contributed by atoms with Crippen molar-refractivity contribution in [2.45, 2.75) is 32.0 Å². The number of carbonyl (C=O) groups excluding carboxylic acids is 2. The van der Waals surface area contributed by atoms with Crippen LogP contribution in [0.4, 0.5) is 0 Å². The molecule has 0 radical (unpaired) electrons. The zero-order valence-electron chi connectivity index (χ0n) is 13.4. The van der Waals surface area contributed by atoms with E-state index in [2.05, 4.69) is 10.6 Å². The maximum Gasteiger partial charge on any atom is 0.321 e. The van der Waals surface area contributed by atoms with Gasteiger partial charge in [-0.2, -0.15) is 0 Å². The molecule has 2 rings (SSSR count). The SMILES string of the molecule is C[C@H](NC(CC=O)C(=O)O)C(=O)NCc1cccc2ccccc12. The normalized spacial score (nSPS) is 13.2. The summed E-state index contributed by atoms with van der Waals surface area (Å²) in [5.41, 5.74) is 0.983. The molecule has 0 fully saturated rings. The van der Waals surface area contributed by atoms with Crippen LogP contribution >= 0.6 is 0 Å². The van der Waals surface area contributed by atoms with Crippen LogP contribution in [0.3, 0.4) is 0 Å². The standard InChI is InChI=1S/C18H20N2O4/c1-12(20-16(9-10-21)18(23)24)17(22)19-11-14-7-4-6-13-5-2-3-8-15(13)14/h2-8,10,12,16,20H,9,11H2,1H3,(H,19,22)(H,23,24)/t12-,16?/m0/s1. The van der Waals surface area contributed by atoms with Crippen molar-refractivity contribution in [3.8, 4) is 0 Å². The molecule has 3 N–H and O–H groups in total. The summed E-state index contributed by atoms with van der Waals surface area (Å²) >= 11 is 0. The molecule has 0 aliphatic heterocycles. The molecule has 1 unspecified atom stereocenters. The first-order valence-corrected chi connectivity index (χ1v) is 7.69. The predicted molar refractivity (Wildman–Crippen MR) is 90.5 cm³/mol. The number of hydrogen-bond acceptors (Lipinski definition) is 4. The van der Waals surface area contributed by atoms with Crippen LogP contribution in [0.1, 0.15) is 18.9 Å². The molecule has 0 heterocycles. The average molecular weight is 328 g/mol. The molecule has 24 heavy (non-hydrogen) atoms. The molecule has 0 aromatic heterocycles. The van der Waals surface area contributed by atoms with Crippen LogP contribution in [-0.4, -0.2) is 35.4 Å². The lowest BCUT2D eigenvalue weighted by Gasteiger charge is -2.18. The lowest BCUT2D eigenvalue weighted by molar-refractivity contribution is -0.140. The number of rotatable bonds is 8. The second-order valence-electron chi connectivity index (χ2n) is 5.54. The van der Waals surface area contributed by atoms with Gasteiger partial charge in [0.05, 0.1) is 6.04 Å². The number of hydrogen-bond donors (Lipinski definition) is 3. The van der Waals surface area contributed by atoms with Crippen molar-refractivity contribution in [1.82, 2.24) is 10.6 Å². The van der Waals surface area contributed by atoms with E-state index >= 15 is 0 Å². The Hall–Kier alpha value is -2.73. The minimum Gasteiger partial charge on any atom is -0.480 e. The third-order valence-corrected chi connectivity index (χ3v) is 3.81. The highest BCUT2D eigenvalue weighted by Crippen LogP contribution is 2.18. The highest BCUT2D eigenvalue weighted by molar-refractivity contribution is 5.87. The third-order valence-electron chi connectivity index (χ3n) is 3.81. The molecule has 0 saturated heterocycles. The van der Waals surface area contributed by atoms with E-state index in [9.17, 15) is 14.4 Å². The molecule has 6 heteroatoms. The minimum absolute atomic E-state index is 0.184. The van der Waals surface area contributed by atoms with E-state index in [1.807, 2.05) is 42.5 Å². The first-order chi connectivity index (χ1) is 11.5. The molecule has 126 valence electrons. The van der Waals surface area contributed by atoms with Crippen molar-refractivity contribution in [2.24, 2.45) is 0 Å². The van der Waals surface area contributed by atoms with Crippen LogP contribution in [0, 0.1) is 0 Å². The number of aldehydes is 1. The van der Waals surface area contributed by atoms with Crippen molar-refractivity contribution in [2.75, 3.05) is 0 Å². The van der Waals surface area contributed by atoms with Gasteiger partial charge in [-0.15, -0.1) is 0 Å². The quantitative estimate of drug-likeness (QED) is 0.638. The van der Waals surface area contributed by atoms with E-state index in [1.54, 1.807) is 6.92 Å². The van der Waals surface area contributed by atoms with Gasteiger partial charge in [-0.25, -0.2) is 0 Å². The van der Waals surface area contributed by atoms with Gasteiger partial charge >= 0.3 is 5.97 Å². The van der Waals surface area contributed by atoms with E-state index < -0.39 is 18.1 Å². The third kappa shape index (κ3) is 4.39.